The first-order valence-corrected chi connectivity index (χ1v) is 6.80. The van der Waals surface area contributed by atoms with Crippen LogP contribution in [-0.4, -0.2) is 30.8 Å². The van der Waals surface area contributed by atoms with E-state index in [0.29, 0.717) is 6.04 Å². The van der Waals surface area contributed by atoms with E-state index in [1.54, 1.807) is 11.3 Å². The summed E-state index contributed by atoms with van der Waals surface area (Å²) in [5.41, 5.74) is 2.40. The van der Waals surface area contributed by atoms with Gasteiger partial charge in [0.05, 0.1) is 28.4 Å². The second kappa shape index (κ2) is 4.72. The van der Waals surface area contributed by atoms with Crippen molar-refractivity contribution in [2.24, 2.45) is 0 Å². The zero-order valence-electron chi connectivity index (χ0n) is 9.90. The lowest BCUT2D eigenvalue weighted by Crippen LogP contribution is -2.42. The molecule has 0 radical (unpaired) electrons. The maximum atomic E-state index is 5.46. The highest BCUT2D eigenvalue weighted by molar-refractivity contribution is 7.18. The highest BCUT2D eigenvalue weighted by Crippen LogP contribution is 2.24. The molecule has 1 unspecified atom stereocenters. The van der Waals surface area contributed by atoms with Crippen LogP contribution in [0.2, 0.25) is 0 Å². The van der Waals surface area contributed by atoms with E-state index in [2.05, 4.69) is 30.4 Å². The number of morpholine rings is 1. The number of thiazole rings is 1. The molecule has 1 atom stereocenters. The average molecular weight is 248 g/mol. The van der Waals surface area contributed by atoms with E-state index in [1.807, 2.05) is 0 Å². The normalized spacial score (nSPS) is 20.9. The summed E-state index contributed by atoms with van der Waals surface area (Å²) in [5, 5.41) is 4.67. The summed E-state index contributed by atoms with van der Waals surface area (Å²) >= 11 is 1.79. The molecule has 1 aliphatic heterocycles. The van der Waals surface area contributed by atoms with E-state index in [-0.39, 0.29) is 0 Å². The lowest BCUT2D eigenvalue weighted by atomic mass is 10.2. The second-order valence-electron chi connectivity index (χ2n) is 4.51. The van der Waals surface area contributed by atoms with Crippen molar-refractivity contribution in [3.8, 4) is 0 Å². The standard InChI is InChI=1S/C13H16N2OS/c1-9-2-3-12-11(6-9)15-13(17-12)7-10-8-16-5-4-14-10/h2-3,6,10,14H,4-5,7-8H2,1H3. The van der Waals surface area contributed by atoms with E-state index < -0.39 is 0 Å². The molecule has 2 aromatic rings. The Kier molecular flexibility index (Phi) is 3.09. The van der Waals surface area contributed by atoms with Crippen LogP contribution >= 0.6 is 11.3 Å². The van der Waals surface area contributed by atoms with E-state index >= 15 is 0 Å². The predicted molar refractivity (Wildman–Crippen MR) is 70.7 cm³/mol. The maximum Gasteiger partial charge on any atom is 0.0955 e. The molecule has 3 nitrogen and oxygen atoms in total. The van der Waals surface area contributed by atoms with Crippen molar-refractivity contribution in [1.29, 1.82) is 0 Å². The first-order valence-electron chi connectivity index (χ1n) is 5.98. The average Bonchev–Trinajstić information content (AvgIpc) is 2.71. The number of nitrogens with zero attached hydrogens (tertiary/aromatic N) is 1. The smallest absolute Gasteiger partial charge is 0.0955 e. The van der Waals surface area contributed by atoms with Gasteiger partial charge < -0.3 is 10.1 Å². The molecule has 1 aromatic heterocycles. The van der Waals surface area contributed by atoms with Gasteiger partial charge >= 0.3 is 0 Å². The summed E-state index contributed by atoms with van der Waals surface area (Å²) in [6.45, 7) is 4.69. The molecular weight excluding hydrogens is 232 g/mol. The molecule has 3 rings (SSSR count). The zero-order chi connectivity index (χ0) is 11.7. The number of aryl methyl sites for hydroxylation is 1. The van der Waals surface area contributed by atoms with Gasteiger partial charge in [0.1, 0.15) is 0 Å². The predicted octanol–water partition coefficient (Wildman–Crippen LogP) is 2.14. The topological polar surface area (TPSA) is 34.1 Å². The lowest BCUT2D eigenvalue weighted by Gasteiger charge is -2.22. The van der Waals surface area contributed by atoms with Crippen LogP contribution in [0.5, 0.6) is 0 Å². The first kappa shape index (κ1) is 11.1. The Morgan fingerprint density at radius 2 is 2.47 bits per heavy atom. The Labute approximate surface area is 105 Å². The SMILES string of the molecule is Cc1ccc2sc(CC3COCCN3)nc2c1. The van der Waals surface area contributed by atoms with Gasteiger partial charge in [-0.1, -0.05) is 6.07 Å². The van der Waals surface area contributed by atoms with Gasteiger partial charge in [-0.25, -0.2) is 4.98 Å². The van der Waals surface area contributed by atoms with Crippen LogP contribution in [0.3, 0.4) is 0 Å². The summed E-state index contributed by atoms with van der Waals surface area (Å²) in [5.74, 6) is 0. The Bertz CT molecular complexity index is 517. The van der Waals surface area contributed by atoms with Crippen LogP contribution < -0.4 is 5.32 Å². The third kappa shape index (κ3) is 2.49. The Balaban J connectivity index is 1.80. The number of ether oxygens (including phenoxy) is 1. The molecule has 0 spiro atoms. The molecule has 0 saturated carbocycles. The molecule has 0 amide bonds. The van der Waals surface area contributed by atoms with Crippen molar-refractivity contribution in [1.82, 2.24) is 10.3 Å². The summed E-state index contributed by atoms with van der Waals surface area (Å²) in [6, 6.07) is 6.88. The number of hydrogen-bond acceptors (Lipinski definition) is 4. The fourth-order valence-electron chi connectivity index (χ4n) is 2.13. The molecule has 90 valence electrons. The molecule has 1 aliphatic rings. The van der Waals surface area contributed by atoms with Crippen molar-refractivity contribution < 1.29 is 4.74 Å². The van der Waals surface area contributed by atoms with Crippen LogP contribution in [-0.2, 0) is 11.2 Å². The van der Waals surface area contributed by atoms with Gasteiger partial charge in [0.15, 0.2) is 0 Å². The second-order valence-corrected chi connectivity index (χ2v) is 5.62. The van der Waals surface area contributed by atoms with Crippen LogP contribution in [0.25, 0.3) is 10.2 Å². The number of nitrogens with one attached hydrogen (secondary N) is 1. The van der Waals surface area contributed by atoms with E-state index in [1.165, 1.54) is 15.3 Å². The number of aromatic nitrogens is 1. The van der Waals surface area contributed by atoms with Crippen molar-refractivity contribution in [3.05, 3.63) is 28.8 Å². The molecular formula is C13H16N2OS. The molecule has 17 heavy (non-hydrogen) atoms. The first-order chi connectivity index (χ1) is 8.31. The quantitative estimate of drug-likeness (QED) is 0.884. The van der Waals surface area contributed by atoms with Gasteiger partial charge in [0.25, 0.3) is 0 Å². The Morgan fingerprint density at radius 1 is 1.53 bits per heavy atom. The minimum absolute atomic E-state index is 0.422. The maximum absolute atomic E-state index is 5.46. The van der Waals surface area contributed by atoms with Crippen molar-refractivity contribution in [3.63, 3.8) is 0 Å². The molecule has 1 N–H and O–H groups in total. The van der Waals surface area contributed by atoms with Gasteiger partial charge in [0, 0.05) is 19.0 Å². The van der Waals surface area contributed by atoms with Gasteiger partial charge in [0.2, 0.25) is 0 Å². The third-order valence-corrected chi connectivity index (χ3v) is 4.07. The molecule has 0 aliphatic carbocycles. The summed E-state index contributed by atoms with van der Waals surface area (Å²) in [4.78, 5) is 4.69. The number of benzene rings is 1. The molecule has 2 heterocycles. The lowest BCUT2D eigenvalue weighted by molar-refractivity contribution is 0.0770. The van der Waals surface area contributed by atoms with Crippen LogP contribution in [0.1, 0.15) is 10.6 Å². The van der Waals surface area contributed by atoms with Crippen molar-refractivity contribution in [2.45, 2.75) is 19.4 Å². The van der Waals surface area contributed by atoms with Crippen LogP contribution in [0.4, 0.5) is 0 Å². The third-order valence-electron chi connectivity index (χ3n) is 3.01. The van der Waals surface area contributed by atoms with Gasteiger partial charge in [-0.3, -0.25) is 0 Å². The van der Waals surface area contributed by atoms with E-state index in [4.69, 9.17) is 9.72 Å². The van der Waals surface area contributed by atoms with Crippen LogP contribution in [0, 0.1) is 6.92 Å². The van der Waals surface area contributed by atoms with Gasteiger partial charge in [-0.15, -0.1) is 11.3 Å². The largest absolute Gasteiger partial charge is 0.379 e. The van der Waals surface area contributed by atoms with Gasteiger partial charge in [-0.05, 0) is 24.6 Å². The zero-order valence-corrected chi connectivity index (χ0v) is 10.7. The number of rotatable bonds is 2. The van der Waals surface area contributed by atoms with Gasteiger partial charge in [-0.2, -0.15) is 0 Å². The van der Waals surface area contributed by atoms with Crippen molar-refractivity contribution in [2.75, 3.05) is 19.8 Å². The Morgan fingerprint density at radius 3 is 3.29 bits per heavy atom. The van der Waals surface area contributed by atoms with Crippen LogP contribution in [0.15, 0.2) is 18.2 Å². The fraction of sp³-hybridized carbons (Fsp3) is 0.462. The number of fused-ring (bicyclic) bond motifs is 1. The summed E-state index contributed by atoms with van der Waals surface area (Å²) in [6.07, 6.45) is 0.971. The molecule has 0 bridgehead atoms. The monoisotopic (exact) mass is 248 g/mol. The van der Waals surface area contributed by atoms with Crippen molar-refractivity contribution >= 4 is 21.6 Å². The Hall–Kier alpha value is -0.970. The van der Waals surface area contributed by atoms with E-state index in [9.17, 15) is 0 Å². The fourth-order valence-corrected chi connectivity index (χ4v) is 3.16. The minimum atomic E-state index is 0.422. The molecule has 1 fully saturated rings. The number of hydrogen-bond donors (Lipinski definition) is 1. The highest BCUT2D eigenvalue weighted by atomic mass is 32.1. The van der Waals surface area contributed by atoms with E-state index in [0.717, 1.165) is 31.7 Å². The minimum Gasteiger partial charge on any atom is -0.379 e. The summed E-state index contributed by atoms with van der Waals surface area (Å²) < 4.78 is 6.74. The molecule has 1 saturated heterocycles. The highest BCUT2D eigenvalue weighted by Gasteiger charge is 2.15. The summed E-state index contributed by atoms with van der Waals surface area (Å²) in [7, 11) is 0. The molecule has 1 aromatic carbocycles. The molecule has 4 heteroatoms.